The number of fused-ring (bicyclic) bond motifs is 7. The third-order valence-electron chi connectivity index (χ3n) is 4.27. The standard InChI is InChI=1S/C17H10N4O2/c22-21(23)9-5-6-13-11(7-9)15-14(19-13)8-18-16-10-3-1-2-4-12(10)20-17(15)16/h1-8,19-20H. The van der Waals surface area contributed by atoms with Crippen molar-refractivity contribution in [3.8, 4) is 0 Å². The van der Waals surface area contributed by atoms with Crippen LogP contribution in [0.25, 0.3) is 43.7 Å². The third kappa shape index (κ3) is 1.54. The predicted octanol–water partition coefficient (Wildman–Crippen LogP) is 4.26. The molecular weight excluding hydrogens is 292 g/mol. The van der Waals surface area contributed by atoms with Crippen molar-refractivity contribution in [3.63, 3.8) is 0 Å². The van der Waals surface area contributed by atoms with Crippen molar-refractivity contribution in [1.29, 1.82) is 0 Å². The van der Waals surface area contributed by atoms with Crippen LogP contribution in [0.15, 0.2) is 48.7 Å². The molecule has 0 spiro atoms. The van der Waals surface area contributed by atoms with Gasteiger partial charge in [0, 0.05) is 39.3 Å². The van der Waals surface area contributed by atoms with Gasteiger partial charge in [-0.25, -0.2) is 0 Å². The second kappa shape index (κ2) is 4.07. The summed E-state index contributed by atoms with van der Waals surface area (Å²) in [5.74, 6) is 0. The molecule has 3 heterocycles. The molecule has 0 bridgehead atoms. The monoisotopic (exact) mass is 302 g/mol. The minimum absolute atomic E-state index is 0.0828. The highest BCUT2D eigenvalue weighted by Gasteiger charge is 2.15. The van der Waals surface area contributed by atoms with Gasteiger partial charge < -0.3 is 9.97 Å². The molecule has 5 rings (SSSR count). The Morgan fingerprint density at radius 1 is 0.957 bits per heavy atom. The number of aromatic amines is 2. The molecule has 0 amide bonds. The Kier molecular flexibility index (Phi) is 2.15. The second-order valence-electron chi connectivity index (χ2n) is 5.55. The molecule has 0 saturated carbocycles. The minimum Gasteiger partial charge on any atom is -0.353 e. The summed E-state index contributed by atoms with van der Waals surface area (Å²) in [4.78, 5) is 21.9. The van der Waals surface area contributed by atoms with Gasteiger partial charge in [0.1, 0.15) is 0 Å². The molecule has 6 nitrogen and oxygen atoms in total. The van der Waals surface area contributed by atoms with Crippen LogP contribution in [0.1, 0.15) is 0 Å². The SMILES string of the molecule is O=[N+]([O-])c1ccc2[nH]c3cnc4c5ccccc5[nH]c4c3c2c1. The minimum atomic E-state index is -0.373. The van der Waals surface area contributed by atoms with Gasteiger partial charge >= 0.3 is 0 Å². The third-order valence-corrected chi connectivity index (χ3v) is 4.27. The summed E-state index contributed by atoms with van der Waals surface area (Å²) in [6.45, 7) is 0. The Morgan fingerprint density at radius 3 is 2.65 bits per heavy atom. The van der Waals surface area contributed by atoms with E-state index in [1.807, 2.05) is 24.3 Å². The molecular formula is C17H10N4O2. The summed E-state index contributed by atoms with van der Waals surface area (Å²) in [7, 11) is 0. The molecule has 0 aliphatic rings. The number of pyridine rings is 1. The number of nitro groups is 1. The summed E-state index contributed by atoms with van der Waals surface area (Å²) in [5.41, 5.74) is 4.58. The lowest BCUT2D eigenvalue weighted by molar-refractivity contribution is -0.384. The van der Waals surface area contributed by atoms with E-state index in [2.05, 4.69) is 15.0 Å². The number of hydrogen-bond acceptors (Lipinski definition) is 3. The van der Waals surface area contributed by atoms with Crippen molar-refractivity contribution >= 4 is 49.4 Å². The lowest BCUT2D eigenvalue weighted by atomic mass is 10.1. The zero-order valence-electron chi connectivity index (χ0n) is 11.8. The molecule has 0 aliphatic heterocycles. The molecule has 2 N–H and O–H groups in total. The number of nitrogens with zero attached hydrogens (tertiary/aromatic N) is 2. The van der Waals surface area contributed by atoms with Gasteiger partial charge in [0.15, 0.2) is 0 Å². The molecule has 6 heteroatoms. The average molecular weight is 302 g/mol. The highest BCUT2D eigenvalue weighted by Crippen LogP contribution is 2.35. The Bertz CT molecular complexity index is 1250. The van der Waals surface area contributed by atoms with E-state index in [1.165, 1.54) is 6.07 Å². The predicted molar refractivity (Wildman–Crippen MR) is 89.6 cm³/mol. The van der Waals surface area contributed by atoms with Crippen LogP contribution < -0.4 is 0 Å². The average Bonchev–Trinajstić information content (AvgIpc) is 3.11. The van der Waals surface area contributed by atoms with Crippen molar-refractivity contribution in [3.05, 3.63) is 58.8 Å². The van der Waals surface area contributed by atoms with Crippen LogP contribution in [0, 0.1) is 10.1 Å². The van der Waals surface area contributed by atoms with Gasteiger partial charge in [-0.2, -0.15) is 0 Å². The molecule has 3 aromatic heterocycles. The number of non-ortho nitro benzene ring substituents is 1. The fourth-order valence-corrected chi connectivity index (χ4v) is 3.25. The summed E-state index contributed by atoms with van der Waals surface area (Å²) < 4.78 is 0. The fourth-order valence-electron chi connectivity index (χ4n) is 3.25. The van der Waals surface area contributed by atoms with Crippen molar-refractivity contribution in [2.75, 3.05) is 0 Å². The number of benzene rings is 2. The fraction of sp³-hybridized carbons (Fsp3) is 0. The molecule has 0 radical (unpaired) electrons. The lowest BCUT2D eigenvalue weighted by Crippen LogP contribution is -1.86. The number of H-pyrrole nitrogens is 2. The molecule has 0 saturated heterocycles. The summed E-state index contributed by atoms with van der Waals surface area (Å²) in [5, 5.41) is 13.9. The first-order chi connectivity index (χ1) is 11.2. The van der Waals surface area contributed by atoms with E-state index in [-0.39, 0.29) is 10.6 Å². The van der Waals surface area contributed by atoms with Crippen LogP contribution in [0.4, 0.5) is 5.69 Å². The Hall–Kier alpha value is -3.41. The maximum atomic E-state index is 11.1. The number of hydrogen-bond donors (Lipinski definition) is 2. The van der Waals surface area contributed by atoms with E-state index in [0.717, 1.165) is 43.7 Å². The lowest BCUT2D eigenvalue weighted by Gasteiger charge is -1.95. The summed E-state index contributed by atoms with van der Waals surface area (Å²) in [6.07, 6.45) is 1.78. The summed E-state index contributed by atoms with van der Waals surface area (Å²) >= 11 is 0. The van der Waals surface area contributed by atoms with Gasteiger partial charge in [-0.15, -0.1) is 0 Å². The van der Waals surface area contributed by atoms with Crippen molar-refractivity contribution in [2.24, 2.45) is 0 Å². The van der Waals surface area contributed by atoms with Gasteiger partial charge in [0.2, 0.25) is 0 Å². The smallest absolute Gasteiger partial charge is 0.270 e. The van der Waals surface area contributed by atoms with E-state index in [0.29, 0.717) is 0 Å². The van der Waals surface area contributed by atoms with E-state index < -0.39 is 0 Å². The first-order valence-electron chi connectivity index (χ1n) is 7.17. The van der Waals surface area contributed by atoms with E-state index in [9.17, 15) is 10.1 Å². The van der Waals surface area contributed by atoms with Crippen molar-refractivity contribution in [1.82, 2.24) is 15.0 Å². The quantitative estimate of drug-likeness (QED) is 0.358. The summed E-state index contributed by atoms with van der Waals surface area (Å²) in [6, 6.07) is 12.8. The van der Waals surface area contributed by atoms with Gasteiger partial charge in [-0.05, 0) is 12.1 Å². The molecule has 0 unspecified atom stereocenters. The maximum absolute atomic E-state index is 11.1. The van der Waals surface area contributed by atoms with Crippen molar-refractivity contribution in [2.45, 2.75) is 0 Å². The van der Waals surface area contributed by atoms with Crippen LogP contribution in [0.5, 0.6) is 0 Å². The van der Waals surface area contributed by atoms with Crippen molar-refractivity contribution < 1.29 is 4.92 Å². The molecule has 0 aliphatic carbocycles. The van der Waals surface area contributed by atoms with Gasteiger partial charge in [-0.1, -0.05) is 18.2 Å². The number of nitro benzene ring substituents is 1. The Labute approximate surface area is 128 Å². The van der Waals surface area contributed by atoms with Gasteiger partial charge in [0.25, 0.3) is 5.69 Å². The van der Waals surface area contributed by atoms with Crippen LogP contribution in [-0.4, -0.2) is 19.9 Å². The van der Waals surface area contributed by atoms with E-state index >= 15 is 0 Å². The Morgan fingerprint density at radius 2 is 1.78 bits per heavy atom. The zero-order chi connectivity index (χ0) is 15.6. The Balaban J connectivity index is 2.03. The second-order valence-corrected chi connectivity index (χ2v) is 5.55. The van der Waals surface area contributed by atoms with E-state index in [1.54, 1.807) is 18.3 Å². The van der Waals surface area contributed by atoms with Crippen LogP contribution in [0.3, 0.4) is 0 Å². The molecule has 0 fully saturated rings. The molecule has 5 aromatic rings. The van der Waals surface area contributed by atoms with E-state index in [4.69, 9.17) is 0 Å². The maximum Gasteiger partial charge on any atom is 0.270 e. The largest absolute Gasteiger partial charge is 0.353 e. The normalized spacial score (nSPS) is 11.8. The number of nitrogens with one attached hydrogen (secondary N) is 2. The molecule has 110 valence electrons. The van der Waals surface area contributed by atoms with Gasteiger partial charge in [0.05, 0.1) is 27.7 Å². The van der Waals surface area contributed by atoms with Crippen LogP contribution >= 0.6 is 0 Å². The highest BCUT2D eigenvalue weighted by molar-refractivity contribution is 6.23. The zero-order valence-corrected chi connectivity index (χ0v) is 11.8. The highest BCUT2D eigenvalue weighted by atomic mass is 16.6. The number of para-hydroxylation sites is 1. The molecule has 23 heavy (non-hydrogen) atoms. The van der Waals surface area contributed by atoms with Crippen LogP contribution in [0.2, 0.25) is 0 Å². The molecule has 2 aromatic carbocycles. The topological polar surface area (TPSA) is 87.6 Å². The van der Waals surface area contributed by atoms with Crippen LogP contribution in [-0.2, 0) is 0 Å². The first kappa shape index (κ1) is 12.2. The number of aromatic nitrogens is 3. The molecule has 0 atom stereocenters. The number of rotatable bonds is 1. The van der Waals surface area contributed by atoms with Gasteiger partial charge in [-0.3, -0.25) is 15.1 Å². The first-order valence-corrected chi connectivity index (χ1v) is 7.17.